The van der Waals surface area contributed by atoms with Crippen molar-refractivity contribution in [1.82, 2.24) is 14.5 Å². The SMILES string of the molecule is CC(=O)N1CCC(c2nc(Br)c3n2CCN=C3)CC1. The minimum Gasteiger partial charge on any atom is -0.343 e. The molecule has 0 aromatic carbocycles. The van der Waals surface area contributed by atoms with Crippen LogP contribution < -0.4 is 0 Å². The minimum atomic E-state index is 0.178. The molecular formula is C13H17BrN4O. The van der Waals surface area contributed by atoms with Crippen molar-refractivity contribution in [1.29, 1.82) is 0 Å². The molecule has 1 fully saturated rings. The van der Waals surface area contributed by atoms with Crippen LogP contribution in [0.25, 0.3) is 0 Å². The molecule has 0 spiro atoms. The standard InChI is InChI=1S/C13H17BrN4O/c1-9(19)17-5-2-10(3-6-17)13-16-12(14)11-8-15-4-7-18(11)13/h8,10H,2-7H2,1H3. The molecule has 1 saturated heterocycles. The van der Waals surface area contributed by atoms with Gasteiger partial charge in [-0.3, -0.25) is 9.79 Å². The first kappa shape index (κ1) is 12.8. The van der Waals surface area contributed by atoms with Crippen LogP contribution in [0, 0.1) is 0 Å². The number of carbonyl (C=O) groups excluding carboxylic acids is 1. The van der Waals surface area contributed by atoms with Crippen LogP contribution in [-0.2, 0) is 11.3 Å². The van der Waals surface area contributed by atoms with Crippen molar-refractivity contribution in [3.63, 3.8) is 0 Å². The van der Waals surface area contributed by atoms with E-state index in [9.17, 15) is 4.79 Å². The summed E-state index contributed by atoms with van der Waals surface area (Å²) >= 11 is 3.52. The Morgan fingerprint density at radius 3 is 2.79 bits per heavy atom. The largest absolute Gasteiger partial charge is 0.343 e. The molecule has 1 amide bonds. The molecule has 0 N–H and O–H groups in total. The number of likely N-dealkylation sites (tertiary alicyclic amines) is 1. The second kappa shape index (κ2) is 5.07. The normalized spacial score (nSPS) is 19.6. The molecule has 0 aliphatic carbocycles. The number of hydrogen-bond donors (Lipinski definition) is 0. The van der Waals surface area contributed by atoms with Crippen molar-refractivity contribution in [2.24, 2.45) is 4.99 Å². The van der Waals surface area contributed by atoms with Crippen molar-refractivity contribution in [3.05, 3.63) is 16.1 Å². The predicted molar refractivity (Wildman–Crippen MR) is 76.6 cm³/mol. The van der Waals surface area contributed by atoms with Crippen molar-refractivity contribution in [2.45, 2.75) is 32.2 Å². The molecule has 6 heteroatoms. The van der Waals surface area contributed by atoms with Crippen LogP contribution >= 0.6 is 15.9 Å². The summed E-state index contributed by atoms with van der Waals surface area (Å²) in [7, 11) is 0. The third kappa shape index (κ3) is 2.33. The van der Waals surface area contributed by atoms with Gasteiger partial charge in [0.2, 0.25) is 5.91 Å². The summed E-state index contributed by atoms with van der Waals surface area (Å²) in [5.74, 6) is 1.78. The van der Waals surface area contributed by atoms with Gasteiger partial charge in [0.1, 0.15) is 10.4 Å². The summed E-state index contributed by atoms with van der Waals surface area (Å²) in [6.07, 6.45) is 3.90. The van der Waals surface area contributed by atoms with Gasteiger partial charge >= 0.3 is 0 Å². The lowest BCUT2D eigenvalue weighted by Gasteiger charge is -2.31. The lowest BCUT2D eigenvalue weighted by Crippen LogP contribution is -2.37. The molecule has 3 rings (SSSR count). The summed E-state index contributed by atoms with van der Waals surface area (Å²) in [5.41, 5.74) is 1.08. The molecule has 0 unspecified atom stereocenters. The summed E-state index contributed by atoms with van der Waals surface area (Å²) in [6, 6.07) is 0. The minimum absolute atomic E-state index is 0.178. The van der Waals surface area contributed by atoms with E-state index in [2.05, 4.69) is 30.5 Å². The Balaban J connectivity index is 1.81. The lowest BCUT2D eigenvalue weighted by molar-refractivity contribution is -0.129. The van der Waals surface area contributed by atoms with Crippen molar-refractivity contribution < 1.29 is 4.79 Å². The van der Waals surface area contributed by atoms with Crippen LogP contribution in [0.4, 0.5) is 0 Å². The van der Waals surface area contributed by atoms with E-state index < -0.39 is 0 Å². The van der Waals surface area contributed by atoms with E-state index in [1.165, 1.54) is 0 Å². The topological polar surface area (TPSA) is 50.5 Å². The van der Waals surface area contributed by atoms with Gasteiger partial charge < -0.3 is 9.47 Å². The summed E-state index contributed by atoms with van der Waals surface area (Å²) < 4.78 is 3.16. The molecule has 102 valence electrons. The highest BCUT2D eigenvalue weighted by molar-refractivity contribution is 9.10. The molecule has 0 bridgehead atoms. The van der Waals surface area contributed by atoms with Gasteiger partial charge in [0, 0.05) is 38.7 Å². The summed E-state index contributed by atoms with van der Waals surface area (Å²) in [6.45, 7) is 5.06. The molecule has 19 heavy (non-hydrogen) atoms. The van der Waals surface area contributed by atoms with Crippen LogP contribution in [0.1, 0.15) is 37.2 Å². The van der Waals surface area contributed by atoms with Gasteiger partial charge in [-0.15, -0.1) is 0 Å². The molecule has 2 aliphatic heterocycles. The lowest BCUT2D eigenvalue weighted by atomic mass is 9.96. The number of aromatic nitrogens is 2. The van der Waals surface area contributed by atoms with Gasteiger partial charge in [0.25, 0.3) is 0 Å². The molecule has 5 nitrogen and oxygen atoms in total. The second-order valence-corrected chi connectivity index (χ2v) is 5.86. The summed E-state index contributed by atoms with van der Waals surface area (Å²) in [5, 5.41) is 0. The first-order valence-electron chi connectivity index (χ1n) is 6.68. The fraction of sp³-hybridized carbons (Fsp3) is 0.615. The fourth-order valence-electron chi connectivity index (χ4n) is 2.88. The molecule has 1 aromatic heterocycles. The van der Waals surface area contributed by atoms with Crippen molar-refractivity contribution in [2.75, 3.05) is 19.6 Å². The highest BCUT2D eigenvalue weighted by Crippen LogP contribution is 2.31. The van der Waals surface area contributed by atoms with Crippen LogP contribution in [0.15, 0.2) is 9.60 Å². The zero-order chi connectivity index (χ0) is 13.4. The maximum absolute atomic E-state index is 11.4. The number of nitrogens with zero attached hydrogens (tertiary/aromatic N) is 4. The molecular weight excluding hydrogens is 308 g/mol. The smallest absolute Gasteiger partial charge is 0.219 e. The Kier molecular flexibility index (Phi) is 3.43. The number of amides is 1. The third-order valence-corrected chi connectivity index (χ3v) is 4.55. The van der Waals surface area contributed by atoms with Gasteiger partial charge in [-0.05, 0) is 28.8 Å². The maximum Gasteiger partial charge on any atom is 0.219 e. The number of piperidine rings is 1. The average Bonchev–Trinajstić information content (AvgIpc) is 2.77. The van der Waals surface area contributed by atoms with E-state index in [1.807, 2.05) is 11.1 Å². The second-order valence-electron chi connectivity index (χ2n) is 5.11. The molecule has 0 atom stereocenters. The number of halogens is 1. The van der Waals surface area contributed by atoms with E-state index >= 15 is 0 Å². The van der Waals surface area contributed by atoms with Gasteiger partial charge in [0.15, 0.2) is 0 Å². The number of rotatable bonds is 1. The third-order valence-electron chi connectivity index (χ3n) is 3.96. The van der Waals surface area contributed by atoms with E-state index in [-0.39, 0.29) is 5.91 Å². The number of hydrogen-bond acceptors (Lipinski definition) is 3. The van der Waals surface area contributed by atoms with E-state index in [0.717, 1.165) is 55.1 Å². The molecule has 2 aliphatic rings. The van der Waals surface area contributed by atoms with Crippen LogP contribution in [0.5, 0.6) is 0 Å². The maximum atomic E-state index is 11.4. The van der Waals surface area contributed by atoms with Gasteiger partial charge in [-0.1, -0.05) is 0 Å². The van der Waals surface area contributed by atoms with Gasteiger partial charge in [-0.2, -0.15) is 0 Å². The van der Waals surface area contributed by atoms with E-state index in [0.29, 0.717) is 5.92 Å². The van der Waals surface area contributed by atoms with Gasteiger partial charge in [0.05, 0.1) is 12.2 Å². The Morgan fingerprint density at radius 1 is 1.37 bits per heavy atom. The van der Waals surface area contributed by atoms with Crippen LogP contribution in [-0.4, -0.2) is 46.2 Å². The zero-order valence-electron chi connectivity index (χ0n) is 11.0. The monoisotopic (exact) mass is 324 g/mol. The number of fused-ring (bicyclic) bond motifs is 1. The number of carbonyl (C=O) groups is 1. The first-order valence-corrected chi connectivity index (χ1v) is 7.47. The molecule has 3 heterocycles. The van der Waals surface area contributed by atoms with Crippen LogP contribution in [0.2, 0.25) is 0 Å². The summed E-state index contributed by atoms with van der Waals surface area (Å²) in [4.78, 5) is 22.3. The van der Waals surface area contributed by atoms with Gasteiger partial charge in [-0.25, -0.2) is 4.98 Å². The first-order chi connectivity index (χ1) is 9.16. The zero-order valence-corrected chi connectivity index (χ0v) is 12.6. The highest BCUT2D eigenvalue weighted by Gasteiger charge is 2.27. The highest BCUT2D eigenvalue weighted by atomic mass is 79.9. The van der Waals surface area contributed by atoms with E-state index in [1.54, 1.807) is 6.92 Å². The number of imidazole rings is 1. The number of aliphatic imine (C=N–C) groups is 1. The van der Waals surface area contributed by atoms with E-state index in [4.69, 9.17) is 0 Å². The van der Waals surface area contributed by atoms with Crippen molar-refractivity contribution >= 4 is 28.1 Å². The van der Waals surface area contributed by atoms with Crippen LogP contribution in [0.3, 0.4) is 0 Å². The Labute approximate surface area is 120 Å². The average molecular weight is 325 g/mol. The molecule has 1 aromatic rings. The quantitative estimate of drug-likeness (QED) is 0.791. The van der Waals surface area contributed by atoms with Crippen molar-refractivity contribution in [3.8, 4) is 0 Å². The molecule has 0 saturated carbocycles. The fourth-order valence-corrected chi connectivity index (χ4v) is 3.38. The Hall–Kier alpha value is -1.17. The predicted octanol–water partition coefficient (Wildman–Crippen LogP) is 1.80. The Morgan fingerprint density at radius 2 is 2.11 bits per heavy atom. The molecule has 0 radical (unpaired) electrons. The Bertz CT molecular complexity index is 529.